The number of anilines is 1. The van der Waals surface area contributed by atoms with Crippen molar-refractivity contribution < 1.29 is 0 Å². The van der Waals surface area contributed by atoms with Crippen LogP contribution in [0, 0.1) is 0 Å². The molecule has 1 heterocycles. The minimum absolute atomic E-state index is 0. The van der Waals surface area contributed by atoms with Crippen molar-refractivity contribution in [1.29, 1.82) is 0 Å². The normalized spacial score (nSPS) is 10.7. The first-order chi connectivity index (χ1) is 7.16. The third-order valence-electron chi connectivity index (χ3n) is 2.62. The molecule has 0 bridgehead atoms. The first-order valence-corrected chi connectivity index (χ1v) is 5.17. The van der Waals surface area contributed by atoms with Gasteiger partial charge in [0.25, 0.3) is 0 Å². The molecule has 3 N–H and O–H groups in total. The van der Waals surface area contributed by atoms with Gasteiger partial charge in [-0.1, -0.05) is 0 Å². The zero-order valence-corrected chi connectivity index (χ0v) is 10.5. The summed E-state index contributed by atoms with van der Waals surface area (Å²) in [6, 6.07) is 6.00. The molecular formula is C12H18ClN3. The van der Waals surface area contributed by atoms with Gasteiger partial charge in [0.1, 0.15) is 0 Å². The number of nitrogens with zero attached hydrogens (tertiary/aromatic N) is 1. The number of nitrogens with two attached hydrogens (primary N) is 1. The summed E-state index contributed by atoms with van der Waals surface area (Å²) < 4.78 is 0. The molecule has 0 saturated heterocycles. The highest BCUT2D eigenvalue weighted by molar-refractivity contribution is 5.86. The van der Waals surface area contributed by atoms with Crippen molar-refractivity contribution in [2.75, 3.05) is 26.4 Å². The van der Waals surface area contributed by atoms with E-state index in [1.165, 1.54) is 10.9 Å². The fraction of sp³-hybridized carbons (Fsp3) is 0.333. The van der Waals surface area contributed by atoms with E-state index in [1.54, 1.807) is 0 Å². The van der Waals surface area contributed by atoms with E-state index in [-0.39, 0.29) is 12.4 Å². The Labute approximate surface area is 102 Å². The summed E-state index contributed by atoms with van der Waals surface area (Å²) >= 11 is 0. The highest BCUT2D eigenvalue weighted by Gasteiger charge is 2.03. The molecule has 2 aromatic rings. The molecule has 0 aliphatic heterocycles. The smallest absolute Gasteiger partial charge is 0.0458 e. The number of likely N-dealkylation sites (N-methyl/N-ethyl adjacent to an activating group) is 1. The molecule has 0 unspecified atom stereocenters. The van der Waals surface area contributed by atoms with Crippen LogP contribution >= 0.6 is 12.4 Å². The van der Waals surface area contributed by atoms with E-state index in [2.05, 4.69) is 30.2 Å². The molecule has 4 heteroatoms. The van der Waals surface area contributed by atoms with Crippen LogP contribution in [0.5, 0.6) is 0 Å². The molecular weight excluding hydrogens is 222 g/mol. The van der Waals surface area contributed by atoms with Gasteiger partial charge in [-0.05, 0) is 44.3 Å². The topological polar surface area (TPSA) is 45.0 Å². The van der Waals surface area contributed by atoms with Crippen LogP contribution in [0.3, 0.4) is 0 Å². The monoisotopic (exact) mass is 239 g/mol. The van der Waals surface area contributed by atoms with Crippen molar-refractivity contribution in [2.24, 2.45) is 0 Å². The Kier molecular flexibility index (Phi) is 4.21. The number of nitrogens with one attached hydrogen (secondary N) is 1. The quantitative estimate of drug-likeness (QED) is 0.808. The molecule has 1 aromatic carbocycles. The highest BCUT2D eigenvalue weighted by Crippen LogP contribution is 2.21. The number of aromatic nitrogens is 1. The van der Waals surface area contributed by atoms with Gasteiger partial charge in [-0.3, -0.25) is 0 Å². The molecule has 0 saturated carbocycles. The van der Waals surface area contributed by atoms with Crippen LogP contribution in [0.2, 0.25) is 0 Å². The summed E-state index contributed by atoms with van der Waals surface area (Å²) in [5.41, 5.74) is 9.11. The van der Waals surface area contributed by atoms with Crippen LogP contribution in [-0.4, -0.2) is 30.5 Å². The average molecular weight is 240 g/mol. The predicted octanol–water partition coefficient (Wildman–Crippen LogP) is 2.28. The molecule has 0 fully saturated rings. The predicted molar refractivity (Wildman–Crippen MR) is 72.2 cm³/mol. The van der Waals surface area contributed by atoms with Gasteiger partial charge in [0.05, 0.1) is 0 Å². The Morgan fingerprint density at radius 1 is 1.31 bits per heavy atom. The minimum Gasteiger partial charge on any atom is -0.399 e. The maximum absolute atomic E-state index is 5.78. The van der Waals surface area contributed by atoms with Gasteiger partial charge in [-0.2, -0.15) is 0 Å². The Morgan fingerprint density at radius 3 is 2.75 bits per heavy atom. The van der Waals surface area contributed by atoms with Crippen LogP contribution < -0.4 is 5.73 Å². The van der Waals surface area contributed by atoms with Crippen molar-refractivity contribution in [2.45, 2.75) is 6.42 Å². The molecule has 88 valence electrons. The maximum atomic E-state index is 5.78. The molecule has 0 atom stereocenters. The number of hydrogen-bond donors (Lipinski definition) is 2. The lowest BCUT2D eigenvalue weighted by Crippen LogP contribution is -2.14. The number of fused-ring (bicyclic) bond motifs is 1. The Balaban J connectivity index is 0.00000128. The molecule has 1 aromatic heterocycles. The van der Waals surface area contributed by atoms with Crippen LogP contribution in [0.15, 0.2) is 24.4 Å². The third kappa shape index (κ3) is 2.68. The van der Waals surface area contributed by atoms with Crippen molar-refractivity contribution in [3.8, 4) is 0 Å². The van der Waals surface area contributed by atoms with Gasteiger partial charge in [-0.15, -0.1) is 12.4 Å². The van der Waals surface area contributed by atoms with E-state index < -0.39 is 0 Å². The molecule has 2 rings (SSSR count). The molecule has 0 amide bonds. The Morgan fingerprint density at radius 2 is 2.06 bits per heavy atom. The van der Waals surface area contributed by atoms with Crippen LogP contribution in [0.4, 0.5) is 5.69 Å². The maximum Gasteiger partial charge on any atom is 0.0458 e. The van der Waals surface area contributed by atoms with Gasteiger partial charge in [0.2, 0.25) is 0 Å². The van der Waals surface area contributed by atoms with Crippen LogP contribution in [-0.2, 0) is 6.42 Å². The molecule has 0 aliphatic carbocycles. The zero-order chi connectivity index (χ0) is 10.8. The fourth-order valence-electron chi connectivity index (χ4n) is 1.75. The summed E-state index contributed by atoms with van der Waals surface area (Å²) in [7, 11) is 4.17. The van der Waals surface area contributed by atoms with Crippen molar-refractivity contribution in [3.05, 3.63) is 30.0 Å². The Bertz CT molecular complexity index is 462. The van der Waals surface area contributed by atoms with E-state index >= 15 is 0 Å². The number of nitrogen functional groups attached to an aromatic ring is 1. The number of aromatic amines is 1. The van der Waals surface area contributed by atoms with E-state index in [4.69, 9.17) is 5.73 Å². The molecule has 0 radical (unpaired) electrons. The summed E-state index contributed by atoms with van der Waals surface area (Å²) in [5, 5.41) is 1.25. The molecule has 0 spiro atoms. The van der Waals surface area contributed by atoms with Crippen LogP contribution in [0.25, 0.3) is 10.9 Å². The number of hydrogen-bond acceptors (Lipinski definition) is 2. The number of H-pyrrole nitrogens is 1. The van der Waals surface area contributed by atoms with Gasteiger partial charge in [0.15, 0.2) is 0 Å². The summed E-state index contributed by atoms with van der Waals surface area (Å²) in [4.78, 5) is 5.45. The standard InChI is InChI=1S/C12H17N3.ClH/c1-15(2)6-5-9-8-14-12-4-3-10(13)7-11(9)12;/h3-4,7-8,14H,5-6,13H2,1-2H3;1H. The lowest BCUT2D eigenvalue weighted by atomic mass is 10.1. The number of halogens is 1. The van der Waals surface area contributed by atoms with Gasteiger partial charge in [-0.25, -0.2) is 0 Å². The van der Waals surface area contributed by atoms with Crippen molar-refractivity contribution in [1.82, 2.24) is 9.88 Å². The molecule has 3 nitrogen and oxygen atoms in total. The third-order valence-corrected chi connectivity index (χ3v) is 2.62. The van der Waals surface area contributed by atoms with Crippen molar-refractivity contribution in [3.63, 3.8) is 0 Å². The largest absolute Gasteiger partial charge is 0.399 e. The molecule has 0 aliphatic rings. The van der Waals surface area contributed by atoms with Gasteiger partial charge in [0, 0.05) is 29.3 Å². The first kappa shape index (κ1) is 12.9. The molecule has 16 heavy (non-hydrogen) atoms. The highest BCUT2D eigenvalue weighted by atomic mass is 35.5. The SMILES string of the molecule is CN(C)CCc1c[nH]c2ccc(N)cc12.Cl. The Hall–Kier alpha value is -1.19. The van der Waals surface area contributed by atoms with Crippen molar-refractivity contribution >= 4 is 29.0 Å². The minimum atomic E-state index is 0. The number of benzene rings is 1. The fourth-order valence-corrected chi connectivity index (χ4v) is 1.75. The zero-order valence-electron chi connectivity index (χ0n) is 9.66. The average Bonchev–Trinajstić information content (AvgIpc) is 2.57. The van der Waals surface area contributed by atoms with E-state index in [0.717, 1.165) is 24.2 Å². The first-order valence-electron chi connectivity index (χ1n) is 5.17. The number of rotatable bonds is 3. The second-order valence-corrected chi connectivity index (χ2v) is 4.17. The van der Waals surface area contributed by atoms with Crippen LogP contribution in [0.1, 0.15) is 5.56 Å². The summed E-state index contributed by atoms with van der Waals surface area (Å²) in [6.45, 7) is 1.06. The lowest BCUT2D eigenvalue weighted by molar-refractivity contribution is 0.414. The summed E-state index contributed by atoms with van der Waals surface area (Å²) in [5.74, 6) is 0. The lowest BCUT2D eigenvalue weighted by Gasteiger charge is -2.08. The van der Waals surface area contributed by atoms with E-state index in [1.807, 2.05) is 18.2 Å². The second-order valence-electron chi connectivity index (χ2n) is 4.17. The summed E-state index contributed by atoms with van der Waals surface area (Å²) in [6.07, 6.45) is 3.13. The van der Waals surface area contributed by atoms with Gasteiger partial charge >= 0.3 is 0 Å². The van der Waals surface area contributed by atoms with E-state index in [0.29, 0.717) is 0 Å². The van der Waals surface area contributed by atoms with E-state index in [9.17, 15) is 0 Å². The second kappa shape index (κ2) is 5.23. The van der Waals surface area contributed by atoms with Gasteiger partial charge < -0.3 is 15.6 Å².